The van der Waals surface area contributed by atoms with Gasteiger partial charge in [-0.15, -0.1) is 0 Å². The zero-order chi connectivity index (χ0) is 12.3. The number of carbonyl (C=O) groups is 2. The highest BCUT2D eigenvalue weighted by Gasteiger charge is 2.33. The maximum absolute atomic E-state index is 11.0. The normalized spacial score (nSPS) is 22.1. The summed E-state index contributed by atoms with van der Waals surface area (Å²) in [5.74, 6) is 0.428. The molecule has 1 aliphatic heterocycles. The predicted octanol–water partition coefficient (Wildman–Crippen LogP) is 1.28. The molecule has 0 amide bonds. The molecule has 0 spiro atoms. The molecule has 4 nitrogen and oxygen atoms in total. The molecule has 1 fully saturated rings. The molecule has 1 aliphatic rings. The topological polar surface area (TPSA) is 46.6 Å². The fourth-order valence-electron chi connectivity index (χ4n) is 1.30. The van der Waals surface area contributed by atoms with Gasteiger partial charge in [0.05, 0.1) is 11.1 Å². The molecule has 1 saturated heterocycles. The average Bonchev–Trinajstić information content (AvgIpc) is 2.45. The largest absolute Gasteiger partial charge is 0.477 e. The minimum Gasteiger partial charge on any atom is -0.477 e. The predicted molar refractivity (Wildman–Crippen MR) is 60.7 cm³/mol. The van der Waals surface area contributed by atoms with Gasteiger partial charge in [-0.1, -0.05) is 0 Å². The Morgan fingerprint density at radius 1 is 1.50 bits per heavy atom. The highest BCUT2D eigenvalue weighted by molar-refractivity contribution is 6.10. The number of ketones is 1. The van der Waals surface area contributed by atoms with Gasteiger partial charge in [0.25, 0.3) is 0 Å². The van der Waals surface area contributed by atoms with Crippen LogP contribution in [0.2, 0.25) is 0 Å². The Morgan fingerprint density at radius 2 is 2.12 bits per heavy atom. The van der Waals surface area contributed by atoms with Crippen LogP contribution in [0, 0.1) is 0 Å². The number of rotatable bonds is 3. The summed E-state index contributed by atoms with van der Waals surface area (Å²) < 4.78 is 5.47. The maximum atomic E-state index is 11.0. The Bertz CT molecular complexity index is 366. The van der Waals surface area contributed by atoms with Crippen molar-refractivity contribution in [1.82, 2.24) is 4.90 Å². The lowest BCUT2D eigenvalue weighted by molar-refractivity contribution is -0.115. The van der Waals surface area contributed by atoms with Crippen LogP contribution >= 0.6 is 0 Å². The van der Waals surface area contributed by atoms with Crippen LogP contribution in [0.15, 0.2) is 23.6 Å². The number of nitrogens with zero attached hydrogens (tertiary/aromatic N) is 1. The van der Waals surface area contributed by atoms with Gasteiger partial charge < -0.3 is 9.64 Å². The molecule has 0 unspecified atom stereocenters. The van der Waals surface area contributed by atoms with E-state index in [2.05, 4.69) is 13.8 Å². The number of allylic oxidation sites excluding steroid dienone is 3. The van der Waals surface area contributed by atoms with E-state index in [1.807, 2.05) is 11.9 Å². The minimum absolute atomic E-state index is 0.0583. The molecular weight excluding hydrogens is 206 g/mol. The molecular formula is C12H17NO3. The summed E-state index contributed by atoms with van der Waals surface area (Å²) in [5, 5.41) is 0. The molecule has 0 radical (unpaired) electrons. The number of Topliss-reactive ketones (excluding diaryl/α,β-unsaturated/α-hetero) is 1. The Balaban J connectivity index is 2.88. The van der Waals surface area contributed by atoms with E-state index in [4.69, 9.17) is 4.74 Å². The molecule has 0 saturated carbocycles. The van der Waals surface area contributed by atoms with Crippen LogP contribution in [-0.2, 0) is 14.3 Å². The third-order valence-electron chi connectivity index (χ3n) is 2.75. The van der Waals surface area contributed by atoms with Crippen molar-refractivity contribution < 1.29 is 14.3 Å². The highest BCUT2D eigenvalue weighted by atomic mass is 16.5. The molecule has 0 atom stereocenters. The van der Waals surface area contributed by atoms with Gasteiger partial charge in [0, 0.05) is 7.05 Å². The van der Waals surface area contributed by atoms with Crippen molar-refractivity contribution in [2.75, 3.05) is 13.7 Å². The van der Waals surface area contributed by atoms with Crippen LogP contribution in [0.1, 0.15) is 20.8 Å². The quantitative estimate of drug-likeness (QED) is 0.313. The summed E-state index contributed by atoms with van der Waals surface area (Å²) in [5.41, 5.74) is 0.0891. The molecule has 1 rings (SSSR count). The summed E-state index contributed by atoms with van der Waals surface area (Å²) in [6.45, 7) is 6.08. The number of likely N-dealkylation sites (N-methyl/N-ethyl adjacent to an activating group) is 1. The first-order valence-electron chi connectivity index (χ1n) is 5.13. The number of hydrogen-bond acceptors (Lipinski definition) is 4. The maximum Gasteiger partial charge on any atom is 0.189 e. The summed E-state index contributed by atoms with van der Waals surface area (Å²) in [6.07, 6.45) is 3.70. The van der Waals surface area contributed by atoms with Gasteiger partial charge in [0.1, 0.15) is 6.61 Å². The molecule has 4 heteroatoms. The SMILES string of the molecule is CC(=O)/C(C=O)=C\C=C1\OCC(C)(C)N1C. The van der Waals surface area contributed by atoms with Crippen molar-refractivity contribution in [3.05, 3.63) is 23.6 Å². The first kappa shape index (κ1) is 12.5. The second-order valence-corrected chi connectivity index (χ2v) is 4.46. The standard InChI is InChI=1S/C12H17NO3/c1-9(15)10(7-14)5-6-11-13(4)12(2,3)8-16-11/h5-7H,8H2,1-4H3/b10-5-,11-6+. The number of carbonyl (C=O) groups excluding carboxylic acids is 2. The third kappa shape index (κ3) is 2.51. The van der Waals surface area contributed by atoms with Crippen LogP contribution in [0.3, 0.4) is 0 Å². The number of aldehydes is 1. The monoisotopic (exact) mass is 223 g/mol. The molecule has 0 aromatic rings. The molecule has 16 heavy (non-hydrogen) atoms. The summed E-state index contributed by atoms with van der Waals surface area (Å²) >= 11 is 0. The van der Waals surface area contributed by atoms with Crippen LogP contribution in [-0.4, -0.2) is 36.2 Å². The lowest BCUT2D eigenvalue weighted by Crippen LogP contribution is -2.36. The van der Waals surface area contributed by atoms with Gasteiger partial charge in [-0.2, -0.15) is 0 Å². The van der Waals surface area contributed by atoms with E-state index in [9.17, 15) is 9.59 Å². The van der Waals surface area contributed by atoms with Gasteiger partial charge in [0.15, 0.2) is 18.0 Å². The molecule has 0 bridgehead atoms. The molecule has 0 aromatic heterocycles. The van der Waals surface area contributed by atoms with E-state index in [1.54, 1.807) is 6.08 Å². The van der Waals surface area contributed by atoms with E-state index in [1.165, 1.54) is 13.0 Å². The Hall–Kier alpha value is -1.58. The Morgan fingerprint density at radius 3 is 2.50 bits per heavy atom. The molecule has 1 heterocycles. The van der Waals surface area contributed by atoms with Crippen LogP contribution in [0.4, 0.5) is 0 Å². The molecule has 0 aliphatic carbocycles. The molecule has 88 valence electrons. The lowest BCUT2D eigenvalue weighted by Gasteiger charge is -2.25. The van der Waals surface area contributed by atoms with Crippen LogP contribution in [0.5, 0.6) is 0 Å². The van der Waals surface area contributed by atoms with Gasteiger partial charge in [0.2, 0.25) is 0 Å². The van der Waals surface area contributed by atoms with Crippen molar-refractivity contribution >= 4 is 12.1 Å². The van der Waals surface area contributed by atoms with Gasteiger partial charge in [-0.3, -0.25) is 9.59 Å². The van der Waals surface area contributed by atoms with Crippen molar-refractivity contribution in [2.24, 2.45) is 0 Å². The summed E-state index contributed by atoms with van der Waals surface area (Å²) in [6, 6.07) is 0. The van der Waals surface area contributed by atoms with Crippen LogP contribution < -0.4 is 0 Å². The molecule has 0 aromatic carbocycles. The fourth-order valence-corrected chi connectivity index (χ4v) is 1.30. The third-order valence-corrected chi connectivity index (χ3v) is 2.75. The number of hydrogen-bond donors (Lipinski definition) is 0. The lowest BCUT2D eigenvalue weighted by atomic mass is 10.1. The van der Waals surface area contributed by atoms with E-state index in [0.717, 1.165) is 0 Å². The second-order valence-electron chi connectivity index (χ2n) is 4.46. The smallest absolute Gasteiger partial charge is 0.189 e. The zero-order valence-corrected chi connectivity index (χ0v) is 10.1. The van der Waals surface area contributed by atoms with Crippen molar-refractivity contribution in [1.29, 1.82) is 0 Å². The summed E-state index contributed by atoms with van der Waals surface area (Å²) in [7, 11) is 1.92. The Labute approximate surface area is 95.6 Å². The van der Waals surface area contributed by atoms with Crippen molar-refractivity contribution in [3.63, 3.8) is 0 Å². The first-order valence-corrected chi connectivity index (χ1v) is 5.13. The first-order chi connectivity index (χ1) is 7.38. The zero-order valence-electron chi connectivity index (χ0n) is 10.1. The van der Waals surface area contributed by atoms with Crippen LogP contribution in [0.25, 0.3) is 0 Å². The van der Waals surface area contributed by atoms with Crippen molar-refractivity contribution in [3.8, 4) is 0 Å². The van der Waals surface area contributed by atoms with E-state index >= 15 is 0 Å². The van der Waals surface area contributed by atoms with Gasteiger partial charge in [-0.25, -0.2) is 0 Å². The minimum atomic E-state index is -0.244. The number of ether oxygens (including phenoxy) is 1. The van der Waals surface area contributed by atoms with Crippen molar-refractivity contribution in [2.45, 2.75) is 26.3 Å². The molecule has 0 N–H and O–H groups in total. The van der Waals surface area contributed by atoms with E-state index in [-0.39, 0.29) is 16.9 Å². The Kier molecular flexibility index (Phi) is 3.52. The summed E-state index contributed by atoms with van der Waals surface area (Å²) in [4.78, 5) is 23.6. The van der Waals surface area contributed by atoms with E-state index < -0.39 is 0 Å². The van der Waals surface area contributed by atoms with E-state index in [0.29, 0.717) is 18.8 Å². The van der Waals surface area contributed by atoms with Gasteiger partial charge in [-0.05, 0) is 32.9 Å². The van der Waals surface area contributed by atoms with Gasteiger partial charge >= 0.3 is 0 Å². The fraction of sp³-hybridized carbons (Fsp3) is 0.500. The average molecular weight is 223 g/mol. The highest BCUT2D eigenvalue weighted by Crippen LogP contribution is 2.27. The second kappa shape index (κ2) is 4.51.